The third kappa shape index (κ3) is 18.3. The van der Waals surface area contributed by atoms with Crippen LogP contribution in [0.15, 0.2) is 0 Å². The molecule has 0 atom stereocenters. The zero-order valence-electron chi connectivity index (χ0n) is 4.41. The van der Waals surface area contributed by atoms with Gasteiger partial charge in [0.15, 0.2) is 0 Å². The van der Waals surface area contributed by atoms with Gasteiger partial charge in [-0.05, 0) is 0 Å². The molecule has 66 valence electrons. The molecule has 0 spiro atoms. The number of hydrogen-bond acceptors (Lipinski definition) is 3. The van der Waals surface area contributed by atoms with E-state index in [1.54, 1.807) is 0 Å². The van der Waals surface area contributed by atoms with Gasteiger partial charge in [-0.15, -0.1) is 0 Å². The van der Waals surface area contributed by atoms with Crippen LogP contribution in [0.4, 0.5) is 0 Å². The average Bonchev–Trinajstić information content (AvgIpc) is 1.14. The van der Waals surface area contributed by atoms with Crippen molar-refractivity contribution in [3.05, 3.63) is 0 Å². The van der Waals surface area contributed by atoms with Gasteiger partial charge in [-0.3, -0.25) is 0 Å². The van der Waals surface area contributed by atoms with E-state index in [4.69, 9.17) is 19.6 Å². The second-order valence-electron chi connectivity index (χ2n) is 1.06. The molecule has 0 amide bonds. The van der Waals surface area contributed by atoms with Crippen LogP contribution in [0.1, 0.15) is 0 Å². The topological polar surface area (TPSA) is 156 Å². The standard InChI is InChI=1S/Na.H4O7P2.H2O.H/c;1-8(2,3)7-9(4,5)6;;/h;(H2,1,2,3)(H2,4,5,6);1H2;. The van der Waals surface area contributed by atoms with Crippen LogP contribution in [0.3, 0.4) is 0 Å². The first-order valence-electron chi connectivity index (χ1n) is 1.53. The molecule has 0 aromatic heterocycles. The van der Waals surface area contributed by atoms with Gasteiger partial charge in [0.1, 0.15) is 0 Å². The van der Waals surface area contributed by atoms with Gasteiger partial charge >= 0.3 is 45.2 Å². The Hall–Kier alpha value is 1.22. The van der Waals surface area contributed by atoms with Gasteiger partial charge in [-0.25, -0.2) is 9.13 Å². The summed E-state index contributed by atoms with van der Waals surface area (Å²) in [7, 11) is -10.1. The monoisotopic (exact) mass is 220 g/mol. The second kappa shape index (κ2) is 5.80. The Morgan fingerprint density at radius 2 is 1.09 bits per heavy atom. The Labute approximate surface area is 83.7 Å². The van der Waals surface area contributed by atoms with Crippen molar-refractivity contribution in [2.75, 3.05) is 0 Å². The van der Waals surface area contributed by atoms with Crippen molar-refractivity contribution in [3.8, 4) is 0 Å². The molecule has 6 N–H and O–H groups in total. The molecule has 0 aromatic rings. The van der Waals surface area contributed by atoms with Crippen LogP contribution < -0.4 is 0 Å². The predicted molar refractivity (Wildman–Crippen MR) is 35.9 cm³/mol. The average molecular weight is 220 g/mol. The van der Waals surface area contributed by atoms with Crippen LogP contribution in [0, 0.1) is 0 Å². The van der Waals surface area contributed by atoms with Crippen molar-refractivity contribution in [2.45, 2.75) is 0 Å². The van der Waals surface area contributed by atoms with Gasteiger partial charge in [-0.2, -0.15) is 4.31 Å². The van der Waals surface area contributed by atoms with Gasteiger partial charge < -0.3 is 25.0 Å². The Morgan fingerprint density at radius 3 is 1.09 bits per heavy atom. The van der Waals surface area contributed by atoms with Gasteiger partial charge in [0.25, 0.3) is 0 Å². The van der Waals surface area contributed by atoms with E-state index < -0.39 is 15.6 Å². The van der Waals surface area contributed by atoms with E-state index in [0.717, 1.165) is 0 Å². The van der Waals surface area contributed by atoms with Crippen LogP contribution >= 0.6 is 15.6 Å². The molecule has 0 aliphatic heterocycles. The van der Waals surface area contributed by atoms with E-state index in [9.17, 15) is 9.13 Å². The molecule has 0 fully saturated rings. The van der Waals surface area contributed by atoms with Crippen LogP contribution in [0.2, 0.25) is 0 Å². The van der Waals surface area contributed by atoms with Gasteiger partial charge in [0.2, 0.25) is 0 Å². The first kappa shape index (κ1) is 18.1. The summed E-state index contributed by atoms with van der Waals surface area (Å²) in [5.41, 5.74) is 0. The Balaban J connectivity index is -0.000000320. The minimum atomic E-state index is -5.05. The predicted octanol–water partition coefficient (Wildman–Crippen LogP) is -2.28. The SMILES string of the molecule is O.O=P(O)(O)OP(=O)(O)O.[NaH]. The fourth-order valence-electron chi connectivity index (χ4n) is 0.139. The van der Waals surface area contributed by atoms with Crippen LogP contribution in [-0.2, 0) is 13.4 Å². The summed E-state index contributed by atoms with van der Waals surface area (Å²) in [5, 5.41) is 0. The minimum absolute atomic E-state index is 0. The normalized spacial score (nSPS) is 11.3. The number of hydrogen-bond donors (Lipinski definition) is 4. The molecular formula is H7NaO8P2. The quantitative estimate of drug-likeness (QED) is 0.301. The molecule has 0 aliphatic carbocycles. The summed E-state index contributed by atoms with van der Waals surface area (Å²) >= 11 is 0. The van der Waals surface area contributed by atoms with E-state index in [1.165, 1.54) is 0 Å². The zero-order valence-corrected chi connectivity index (χ0v) is 6.20. The van der Waals surface area contributed by atoms with Crippen molar-refractivity contribution in [1.82, 2.24) is 0 Å². The van der Waals surface area contributed by atoms with Gasteiger partial charge in [0.05, 0.1) is 0 Å². The second-order valence-corrected chi connectivity index (χ2v) is 3.68. The van der Waals surface area contributed by atoms with Crippen LogP contribution in [-0.4, -0.2) is 54.6 Å². The first-order chi connectivity index (χ1) is 3.71. The molecule has 0 saturated heterocycles. The fourth-order valence-corrected chi connectivity index (χ4v) is 1.25. The van der Waals surface area contributed by atoms with E-state index in [2.05, 4.69) is 4.31 Å². The van der Waals surface area contributed by atoms with Gasteiger partial charge in [0, 0.05) is 0 Å². The Kier molecular flexibility index (Phi) is 9.53. The molecule has 0 bridgehead atoms. The van der Waals surface area contributed by atoms with Crippen molar-refractivity contribution >= 4 is 45.2 Å². The maximum absolute atomic E-state index is 9.63. The van der Waals surface area contributed by atoms with E-state index >= 15 is 0 Å². The molecule has 0 unspecified atom stereocenters. The first-order valence-corrected chi connectivity index (χ1v) is 4.59. The summed E-state index contributed by atoms with van der Waals surface area (Å²) in [6.45, 7) is 0. The molecular weight excluding hydrogens is 213 g/mol. The summed E-state index contributed by atoms with van der Waals surface area (Å²) in [4.78, 5) is 31.0. The Morgan fingerprint density at radius 1 is 0.909 bits per heavy atom. The third-order valence-electron chi connectivity index (χ3n) is 0.213. The van der Waals surface area contributed by atoms with E-state index in [-0.39, 0.29) is 35.0 Å². The summed E-state index contributed by atoms with van der Waals surface area (Å²) in [5.74, 6) is 0. The fraction of sp³-hybridized carbons (Fsp3) is 0. The number of rotatable bonds is 2. The molecule has 0 aliphatic rings. The zero-order chi connectivity index (χ0) is 7.71. The molecule has 0 radical (unpaired) electrons. The third-order valence-corrected chi connectivity index (χ3v) is 1.91. The number of phosphoric acid groups is 2. The van der Waals surface area contributed by atoms with Gasteiger partial charge in [-0.1, -0.05) is 0 Å². The van der Waals surface area contributed by atoms with Crippen molar-refractivity contribution in [3.63, 3.8) is 0 Å². The van der Waals surface area contributed by atoms with Crippen LogP contribution in [0.5, 0.6) is 0 Å². The molecule has 0 aromatic carbocycles. The molecule has 11 heavy (non-hydrogen) atoms. The molecule has 0 saturated carbocycles. The molecule has 0 heterocycles. The van der Waals surface area contributed by atoms with Crippen LogP contribution in [0.25, 0.3) is 0 Å². The summed E-state index contributed by atoms with van der Waals surface area (Å²) < 4.78 is 22.2. The molecule has 11 heteroatoms. The van der Waals surface area contributed by atoms with Crippen molar-refractivity contribution in [1.29, 1.82) is 0 Å². The molecule has 8 nitrogen and oxygen atoms in total. The van der Waals surface area contributed by atoms with Crippen molar-refractivity contribution < 1.29 is 38.5 Å². The van der Waals surface area contributed by atoms with E-state index in [1.807, 2.05) is 0 Å². The summed E-state index contributed by atoms with van der Waals surface area (Å²) in [6, 6.07) is 0. The molecule has 0 rings (SSSR count). The summed E-state index contributed by atoms with van der Waals surface area (Å²) in [6.07, 6.45) is 0. The maximum atomic E-state index is 9.63. The Bertz CT molecular complexity index is 153. The van der Waals surface area contributed by atoms with E-state index in [0.29, 0.717) is 0 Å². The van der Waals surface area contributed by atoms with Crippen molar-refractivity contribution in [2.24, 2.45) is 0 Å².